The molecule has 1 amide bonds. The summed E-state index contributed by atoms with van der Waals surface area (Å²) in [6, 6.07) is 4.53. The van der Waals surface area contributed by atoms with Gasteiger partial charge in [0.05, 0.1) is 24.7 Å². The van der Waals surface area contributed by atoms with E-state index in [-0.39, 0.29) is 13.0 Å². The average molecular weight is 289 g/mol. The zero-order valence-electron chi connectivity index (χ0n) is 11.0. The Morgan fingerprint density at radius 2 is 1.85 bits per heavy atom. The van der Waals surface area contributed by atoms with E-state index < -0.39 is 29.2 Å². The molecule has 0 saturated heterocycles. The highest BCUT2D eigenvalue weighted by Crippen LogP contribution is 2.32. The number of rotatable bonds is 4. The van der Waals surface area contributed by atoms with Crippen molar-refractivity contribution >= 4 is 11.9 Å². The van der Waals surface area contributed by atoms with Crippen LogP contribution in [0, 0.1) is 0 Å². The quantitative estimate of drug-likeness (QED) is 0.799. The van der Waals surface area contributed by atoms with Crippen LogP contribution in [0.25, 0.3) is 0 Å². The van der Waals surface area contributed by atoms with Gasteiger partial charge in [0.15, 0.2) is 0 Å². The van der Waals surface area contributed by atoms with Gasteiger partial charge in [0.2, 0.25) is 0 Å². The van der Waals surface area contributed by atoms with Crippen molar-refractivity contribution in [2.45, 2.75) is 12.6 Å². The van der Waals surface area contributed by atoms with Gasteiger partial charge in [-0.3, -0.25) is 9.59 Å². The third-order valence-corrected chi connectivity index (χ3v) is 2.69. The summed E-state index contributed by atoms with van der Waals surface area (Å²) < 4.78 is 42.8. The number of hydrogen-bond acceptors (Lipinski definition) is 3. The van der Waals surface area contributed by atoms with E-state index in [1.54, 1.807) is 0 Å². The summed E-state index contributed by atoms with van der Waals surface area (Å²) in [6.45, 7) is -0.0162. The first-order valence-corrected chi connectivity index (χ1v) is 5.76. The van der Waals surface area contributed by atoms with Crippen LogP contribution in [0.3, 0.4) is 0 Å². The summed E-state index contributed by atoms with van der Waals surface area (Å²) >= 11 is 0. The number of carbonyl (C=O) groups is 2. The predicted molar refractivity (Wildman–Crippen MR) is 65.0 cm³/mol. The molecule has 0 aliphatic heterocycles. The van der Waals surface area contributed by atoms with Crippen LogP contribution in [-0.2, 0) is 15.7 Å². The van der Waals surface area contributed by atoms with Crippen LogP contribution in [0.4, 0.5) is 13.2 Å². The molecule has 7 heteroatoms. The van der Waals surface area contributed by atoms with Crippen LogP contribution >= 0.6 is 0 Å². The highest BCUT2D eigenvalue weighted by molar-refractivity contribution is 5.95. The molecule has 0 heterocycles. The topological polar surface area (TPSA) is 46.6 Å². The van der Waals surface area contributed by atoms with Crippen LogP contribution in [0.5, 0.6) is 0 Å². The van der Waals surface area contributed by atoms with Gasteiger partial charge in [-0.2, -0.15) is 13.2 Å². The van der Waals surface area contributed by atoms with Crippen molar-refractivity contribution in [3.8, 4) is 0 Å². The number of hydrogen-bond donors (Lipinski definition) is 0. The fraction of sp³-hybridized carbons (Fsp3) is 0.385. The van der Waals surface area contributed by atoms with Crippen LogP contribution in [0.2, 0.25) is 0 Å². The molecule has 0 N–H and O–H groups in total. The number of halogens is 3. The lowest BCUT2D eigenvalue weighted by Gasteiger charge is -2.19. The van der Waals surface area contributed by atoms with Gasteiger partial charge >= 0.3 is 12.1 Å². The normalized spacial score (nSPS) is 11.1. The number of esters is 1. The second-order valence-electron chi connectivity index (χ2n) is 4.10. The Hall–Kier alpha value is -2.05. The molecule has 0 atom stereocenters. The van der Waals surface area contributed by atoms with Crippen LogP contribution < -0.4 is 0 Å². The Kier molecular flexibility index (Phi) is 5.12. The number of carbonyl (C=O) groups excluding carboxylic acids is 2. The molecule has 1 rings (SSSR count). The van der Waals surface area contributed by atoms with Crippen molar-refractivity contribution in [2.75, 3.05) is 20.7 Å². The van der Waals surface area contributed by atoms with E-state index in [1.807, 2.05) is 0 Å². The van der Waals surface area contributed by atoms with Crippen LogP contribution in [0.1, 0.15) is 22.3 Å². The van der Waals surface area contributed by atoms with Gasteiger partial charge in [-0.15, -0.1) is 0 Å². The fourth-order valence-corrected chi connectivity index (χ4v) is 1.59. The molecule has 110 valence electrons. The molecule has 1 aromatic carbocycles. The Morgan fingerprint density at radius 1 is 1.25 bits per heavy atom. The summed E-state index contributed by atoms with van der Waals surface area (Å²) in [5.74, 6) is -1.32. The number of ether oxygens (including phenoxy) is 1. The number of alkyl halides is 3. The zero-order chi connectivity index (χ0) is 15.3. The molecular weight excluding hydrogens is 275 g/mol. The van der Waals surface area contributed by atoms with Gasteiger partial charge in [-0.05, 0) is 12.1 Å². The molecule has 0 saturated carbocycles. The van der Waals surface area contributed by atoms with E-state index >= 15 is 0 Å². The van der Waals surface area contributed by atoms with E-state index in [2.05, 4.69) is 4.74 Å². The molecule has 0 unspecified atom stereocenters. The van der Waals surface area contributed by atoms with Gasteiger partial charge in [0.1, 0.15) is 0 Å². The molecular formula is C13H14F3NO3. The summed E-state index contributed by atoms with van der Waals surface area (Å²) in [5, 5.41) is 0. The smallest absolute Gasteiger partial charge is 0.417 e. The van der Waals surface area contributed by atoms with E-state index in [4.69, 9.17) is 0 Å². The lowest BCUT2D eigenvalue weighted by atomic mass is 10.1. The van der Waals surface area contributed by atoms with Crippen LogP contribution in [-0.4, -0.2) is 37.5 Å². The van der Waals surface area contributed by atoms with Gasteiger partial charge in [-0.1, -0.05) is 12.1 Å². The zero-order valence-corrected chi connectivity index (χ0v) is 11.0. The maximum absolute atomic E-state index is 12.8. The summed E-state index contributed by atoms with van der Waals surface area (Å²) in [4.78, 5) is 24.0. The average Bonchev–Trinajstić information content (AvgIpc) is 2.42. The highest BCUT2D eigenvalue weighted by atomic mass is 19.4. The first kappa shape index (κ1) is 16.0. The number of benzene rings is 1. The third-order valence-electron chi connectivity index (χ3n) is 2.69. The fourth-order valence-electron chi connectivity index (χ4n) is 1.59. The van der Waals surface area contributed by atoms with E-state index in [1.165, 1.54) is 26.3 Å². The monoisotopic (exact) mass is 289 g/mol. The third kappa shape index (κ3) is 3.97. The lowest BCUT2D eigenvalue weighted by Crippen LogP contribution is -2.31. The number of nitrogens with zero attached hydrogens (tertiary/aromatic N) is 1. The van der Waals surface area contributed by atoms with Crippen molar-refractivity contribution in [2.24, 2.45) is 0 Å². The molecule has 0 aliphatic rings. The molecule has 1 aromatic rings. The minimum absolute atomic E-state index is 0.0162. The lowest BCUT2D eigenvalue weighted by molar-refractivity contribution is -0.141. The summed E-state index contributed by atoms with van der Waals surface area (Å²) in [5.41, 5.74) is -1.43. The maximum Gasteiger partial charge on any atom is 0.417 e. The Balaban J connectivity index is 2.90. The molecule has 0 aliphatic carbocycles. The van der Waals surface area contributed by atoms with Gasteiger partial charge in [0.25, 0.3) is 5.91 Å². The van der Waals surface area contributed by atoms with Gasteiger partial charge < -0.3 is 9.64 Å². The summed E-state index contributed by atoms with van der Waals surface area (Å²) in [7, 11) is 2.53. The second kappa shape index (κ2) is 6.40. The standard InChI is InChI=1S/C13H14F3NO3/c1-17(8-7-11(18)20-2)12(19)9-5-3-4-6-10(9)13(14,15)16/h3-6H,7-8H2,1-2H3. The van der Waals surface area contributed by atoms with Gasteiger partial charge in [-0.25, -0.2) is 0 Å². The number of methoxy groups -OCH3 is 1. The van der Waals surface area contributed by atoms with Crippen molar-refractivity contribution in [1.29, 1.82) is 0 Å². The van der Waals surface area contributed by atoms with Crippen molar-refractivity contribution in [1.82, 2.24) is 4.90 Å². The molecule has 0 radical (unpaired) electrons. The molecule has 0 fully saturated rings. The molecule has 0 bridgehead atoms. The van der Waals surface area contributed by atoms with E-state index in [9.17, 15) is 22.8 Å². The molecule has 4 nitrogen and oxygen atoms in total. The molecule has 20 heavy (non-hydrogen) atoms. The van der Waals surface area contributed by atoms with E-state index in [0.29, 0.717) is 0 Å². The largest absolute Gasteiger partial charge is 0.469 e. The molecule has 0 spiro atoms. The van der Waals surface area contributed by atoms with Crippen molar-refractivity contribution < 1.29 is 27.5 Å². The van der Waals surface area contributed by atoms with Crippen molar-refractivity contribution in [3.63, 3.8) is 0 Å². The highest BCUT2D eigenvalue weighted by Gasteiger charge is 2.35. The van der Waals surface area contributed by atoms with Gasteiger partial charge in [0, 0.05) is 13.6 Å². The second-order valence-corrected chi connectivity index (χ2v) is 4.10. The minimum atomic E-state index is -4.60. The predicted octanol–water partition coefficient (Wildman–Crippen LogP) is 2.34. The minimum Gasteiger partial charge on any atom is -0.469 e. The Bertz CT molecular complexity index is 500. The Morgan fingerprint density at radius 3 is 2.40 bits per heavy atom. The SMILES string of the molecule is COC(=O)CCN(C)C(=O)c1ccccc1C(F)(F)F. The number of amides is 1. The molecule has 0 aromatic heterocycles. The summed E-state index contributed by atoms with van der Waals surface area (Å²) in [6.07, 6.45) is -4.68. The maximum atomic E-state index is 12.8. The first-order valence-electron chi connectivity index (χ1n) is 5.76. The van der Waals surface area contributed by atoms with Crippen LogP contribution in [0.15, 0.2) is 24.3 Å². The van der Waals surface area contributed by atoms with Crippen molar-refractivity contribution in [3.05, 3.63) is 35.4 Å². The first-order chi connectivity index (χ1) is 9.27. The Labute approximate surface area is 114 Å². The van der Waals surface area contributed by atoms with E-state index in [0.717, 1.165) is 17.0 Å².